The molecule has 1 N–H and O–H groups in total. The summed E-state index contributed by atoms with van der Waals surface area (Å²) in [5, 5.41) is 9.11. The number of rotatable bonds is 6. The van der Waals surface area contributed by atoms with Crippen LogP contribution in [0.1, 0.15) is 27.4 Å². The van der Waals surface area contributed by atoms with Gasteiger partial charge in [0.2, 0.25) is 0 Å². The topological polar surface area (TPSA) is 90.1 Å². The lowest BCUT2D eigenvalue weighted by atomic mass is 10.2. The number of para-hydroxylation sites is 1. The summed E-state index contributed by atoms with van der Waals surface area (Å²) in [5.74, 6) is 0.891. The van der Waals surface area contributed by atoms with E-state index in [9.17, 15) is 4.79 Å². The molecule has 7 nitrogen and oxygen atoms in total. The fourth-order valence-electron chi connectivity index (χ4n) is 2.77. The highest BCUT2D eigenvalue weighted by molar-refractivity contribution is 7.14. The molecule has 0 aliphatic heterocycles. The normalized spacial score (nSPS) is 10.7. The second kappa shape index (κ2) is 8.24. The Morgan fingerprint density at radius 3 is 2.72 bits per heavy atom. The molecule has 146 valence electrons. The molecule has 0 saturated heterocycles. The molecule has 0 aliphatic rings. The van der Waals surface area contributed by atoms with Crippen molar-refractivity contribution in [2.45, 2.75) is 20.5 Å². The largest absolute Gasteiger partial charge is 0.488 e. The minimum atomic E-state index is -0.290. The predicted octanol–water partition coefficient (Wildman–Crippen LogP) is 4.64. The molecule has 8 heteroatoms. The number of aromatic nitrogens is 3. The zero-order valence-electron chi connectivity index (χ0n) is 15.9. The van der Waals surface area contributed by atoms with Gasteiger partial charge in [-0.25, -0.2) is 4.98 Å². The van der Waals surface area contributed by atoms with Crippen LogP contribution in [0.5, 0.6) is 5.75 Å². The van der Waals surface area contributed by atoms with Gasteiger partial charge in [-0.3, -0.25) is 15.1 Å². The number of ether oxygens (including phenoxy) is 1. The van der Waals surface area contributed by atoms with Crippen molar-refractivity contribution >= 4 is 22.4 Å². The highest BCUT2D eigenvalue weighted by Crippen LogP contribution is 2.26. The number of amides is 1. The van der Waals surface area contributed by atoms with Crippen LogP contribution < -0.4 is 10.1 Å². The van der Waals surface area contributed by atoms with Gasteiger partial charge in [0, 0.05) is 11.6 Å². The fraction of sp³-hybridized carbons (Fsp3) is 0.143. The second-order valence-electron chi connectivity index (χ2n) is 6.29. The van der Waals surface area contributed by atoms with Crippen molar-refractivity contribution in [2.75, 3.05) is 5.32 Å². The Bertz CT molecular complexity index is 1120. The monoisotopic (exact) mass is 406 g/mol. The molecule has 0 aliphatic carbocycles. The molecule has 0 radical (unpaired) electrons. The van der Waals surface area contributed by atoms with E-state index in [0.29, 0.717) is 27.9 Å². The van der Waals surface area contributed by atoms with Crippen LogP contribution in [0, 0.1) is 13.8 Å². The Balaban J connectivity index is 1.49. The Morgan fingerprint density at radius 2 is 1.97 bits per heavy atom. The lowest BCUT2D eigenvalue weighted by molar-refractivity contribution is 0.102. The maximum absolute atomic E-state index is 12.8. The van der Waals surface area contributed by atoms with Gasteiger partial charge in [0.1, 0.15) is 23.8 Å². The van der Waals surface area contributed by atoms with Gasteiger partial charge in [-0.1, -0.05) is 23.4 Å². The molecule has 29 heavy (non-hydrogen) atoms. The first-order chi connectivity index (χ1) is 14.1. The van der Waals surface area contributed by atoms with Crippen molar-refractivity contribution in [3.05, 3.63) is 76.6 Å². The summed E-state index contributed by atoms with van der Waals surface area (Å²) in [4.78, 5) is 21.5. The van der Waals surface area contributed by atoms with Gasteiger partial charge in [0.15, 0.2) is 5.13 Å². The van der Waals surface area contributed by atoms with E-state index >= 15 is 0 Å². The summed E-state index contributed by atoms with van der Waals surface area (Å²) in [6.07, 6.45) is 1.71. The molecular weight excluding hydrogens is 388 g/mol. The molecule has 0 spiro atoms. The van der Waals surface area contributed by atoms with Crippen molar-refractivity contribution in [1.29, 1.82) is 0 Å². The number of carbonyl (C=O) groups excluding carboxylic acids is 1. The fourth-order valence-corrected chi connectivity index (χ4v) is 3.46. The molecular formula is C21H18N4O3S. The summed E-state index contributed by atoms with van der Waals surface area (Å²) < 4.78 is 11.0. The molecule has 0 atom stereocenters. The van der Waals surface area contributed by atoms with Crippen molar-refractivity contribution in [3.63, 3.8) is 0 Å². The molecule has 1 aromatic carbocycles. The first-order valence-electron chi connectivity index (χ1n) is 8.93. The second-order valence-corrected chi connectivity index (χ2v) is 7.15. The lowest BCUT2D eigenvalue weighted by Crippen LogP contribution is -2.13. The average Bonchev–Trinajstić information content (AvgIpc) is 3.34. The van der Waals surface area contributed by atoms with E-state index < -0.39 is 0 Å². The van der Waals surface area contributed by atoms with Crippen LogP contribution in [0.25, 0.3) is 11.4 Å². The average molecular weight is 406 g/mol. The maximum atomic E-state index is 12.8. The smallest absolute Gasteiger partial charge is 0.261 e. The Kier molecular flexibility index (Phi) is 5.35. The van der Waals surface area contributed by atoms with Crippen LogP contribution in [0.2, 0.25) is 0 Å². The lowest BCUT2D eigenvalue weighted by Gasteiger charge is -2.10. The third-order valence-electron chi connectivity index (χ3n) is 4.34. The van der Waals surface area contributed by atoms with Crippen molar-refractivity contribution in [2.24, 2.45) is 0 Å². The number of carbonyl (C=O) groups is 1. The third-order valence-corrected chi connectivity index (χ3v) is 5.09. The van der Waals surface area contributed by atoms with Gasteiger partial charge in [0.25, 0.3) is 5.91 Å². The minimum absolute atomic E-state index is 0.270. The Labute approximate surface area is 171 Å². The van der Waals surface area contributed by atoms with Gasteiger partial charge >= 0.3 is 0 Å². The van der Waals surface area contributed by atoms with Crippen LogP contribution >= 0.6 is 11.3 Å². The third kappa shape index (κ3) is 4.17. The highest BCUT2D eigenvalue weighted by atomic mass is 32.1. The first kappa shape index (κ1) is 18.8. The van der Waals surface area contributed by atoms with Gasteiger partial charge in [0.05, 0.1) is 22.5 Å². The Hall–Kier alpha value is -3.52. The van der Waals surface area contributed by atoms with E-state index in [1.54, 1.807) is 24.4 Å². The van der Waals surface area contributed by atoms with Crippen LogP contribution in [-0.4, -0.2) is 21.0 Å². The van der Waals surface area contributed by atoms with Crippen LogP contribution in [0.15, 0.2) is 58.6 Å². The van der Waals surface area contributed by atoms with Crippen molar-refractivity contribution in [3.8, 4) is 17.1 Å². The van der Waals surface area contributed by atoms with Crippen LogP contribution in [0.3, 0.4) is 0 Å². The van der Waals surface area contributed by atoms with E-state index in [0.717, 1.165) is 17.0 Å². The minimum Gasteiger partial charge on any atom is -0.488 e. The number of nitrogens with zero attached hydrogens (tertiary/aromatic N) is 3. The number of hydrogen-bond donors (Lipinski definition) is 1. The number of nitrogens with one attached hydrogen (secondary N) is 1. The summed E-state index contributed by atoms with van der Waals surface area (Å²) in [5.41, 5.74) is 3.55. The van der Waals surface area contributed by atoms with Crippen molar-refractivity contribution < 1.29 is 14.1 Å². The quantitative estimate of drug-likeness (QED) is 0.502. The molecule has 0 bridgehead atoms. The van der Waals surface area contributed by atoms with Gasteiger partial charge in [-0.2, -0.15) is 0 Å². The number of pyridine rings is 1. The molecule has 3 heterocycles. The van der Waals surface area contributed by atoms with Gasteiger partial charge in [-0.05, 0) is 38.1 Å². The number of thiazole rings is 1. The van der Waals surface area contributed by atoms with Crippen LogP contribution in [-0.2, 0) is 6.61 Å². The Morgan fingerprint density at radius 1 is 1.14 bits per heavy atom. The van der Waals surface area contributed by atoms with E-state index in [2.05, 4.69) is 20.4 Å². The number of anilines is 1. The van der Waals surface area contributed by atoms with E-state index in [-0.39, 0.29) is 12.5 Å². The number of aryl methyl sites for hydroxylation is 2. The molecule has 1 amide bonds. The maximum Gasteiger partial charge on any atom is 0.261 e. The highest BCUT2D eigenvalue weighted by Gasteiger charge is 2.16. The molecule has 4 aromatic rings. The molecule has 0 saturated carbocycles. The number of hydrogen-bond acceptors (Lipinski definition) is 7. The summed E-state index contributed by atoms with van der Waals surface area (Å²) in [7, 11) is 0. The summed E-state index contributed by atoms with van der Waals surface area (Å²) >= 11 is 1.34. The van der Waals surface area contributed by atoms with E-state index in [1.807, 2.05) is 43.5 Å². The molecule has 3 aromatic heterocycles. The van der Waals surface area contributed by atoms with Gasteiger partial charge < -0.3 is 9.26 Å². The van der Waals surface area contributed by atoms with Crippen LogP contribution in [0.4, 0.5) is 5.13 Å². The first-order valence-corrected chi connectivity index (χ1v) is 9.81. The predicted molar refractivity (Wildman–Crippen MR) is 110 cm³/mol. The van der Waals surface area contributed by atoms with E-state index in [4.69, 9.17) is 9.26 Å². The number of benzene rings is 1. The molecule has 0 unspecified atom stereocenters. The molecule has 0 fully saturated rings. The summed E-state index contributed by atoms with van der Waals surface area (Å²) in [6, 6.07) is 12.7. The zero-order chi connectivity index (χ0) is 20.2. The standard InChI is InChI=1S/C21H18N4O3S/c1-13-16(14(2)28-25-13)11-27-19-9-4-3-7-15(19)20(26)24-21-23-18(12-29-21)17-8-5-6-10-22-17/h3-10,12H,11H2,1-2H3,(H,23,24,26). The van der Waals surface area contributed by atoms with E-state index in [1.165, 1.54) is 11.3 Å². The summed E-state index contributed by atoms with van der Waals surface area (Å²) in [6.45, 7) is 3.96. The van der Waals surface area contributed by atoms with Gasteiger partial charge in [-0.15, -0.1) is 11.3 Å². The van der Waals surface area contributed by atoms with Crippen molar-refractivity contribution in [1.82, 2.24) is 15.1 Å². The zero-order valence-corrected chi connectivity index (χ0v) is 16.7. The SMILES string of the molecule is Cc1noc(C)c1COc1ccccc1C(=O)Nc1nc(-c2ccccn2)cs1. The molecule has 4 rings (SSSR count).